The molecule has 1 aromatic carbocycles. The van der Waals surface area contributed by atoms with Crippen LogP contribution in [0.1, 0.15) is 54.2 Å². The van der Waals surface area contributed by atoms with E-state index >= 15 is 0 Å². The van der Waals surface area contributed by atoms with Gasteiger partial charge in [-0.2, -0.15) is 13.2 Å². The molecule has 1 unspecified atom stereocenters. The number of anilines is 1. The zero-order valence-electron chi connectivity index (χ0n) is 18.6. The van der Waals surface area contributed by atoms with Crippen molar-refractivity contribution in [1.29, 1.82) is 0 Å². The number of hydrogen-bond acceptors (Lipinski definition) is 7. The van der Waals surface area contributed by atoms with Crippen LogP contribution in [0.3, 0.4) is 0 Å². The molecule has 1 aromatic heterocycles. The molecule has 1 saturated carbocycles. The van der Waals surface area contributed by atoms with Crippen LogP contribution in [-0.4, -0.2) is 49.8 Å². The summed E-state index contributed by atoms with van der Waals surface area (Å²) in [6, 6.07) is 2.92. The quantitative estimate of drug-likeness (QED) is 0.434. The number of carbonyl (C=O) groups is 2. The minimum atomic E-state index is -5.37. The normalized spacial score (nSPS) is 22.6. The Labute approximate surface area is 193 Å². The third kappa shape index (κ3) is 4.82. The second-order valence-electron chi connectivity index (χ2n) is 8.84. The van der Waals surface area contributed by atoms with E-state index in [-0.39, 0.29) is 28.8 Å². The molecule has 0 radical (unpaired) electrons. The largest absolute Gasteiger partial charge is 0.430 e. The van der Waals surface area contributed by atoms with E-state index in [4.69, 9.17) is 11.5 Å². The van der Waals surface area contributed by atoms with Gasteiger partial charge in [0.2, 0.25) is 0 Å². The highest BCUT2D eigenvalue weighted by Gasteiger charge is 2.60. The second kappa shape index (κ2) is 8.84. The number of aryl methyl sites for hydroxylation is 1. The van der Waals surface area contributed by atoms with Crippen LogP contribution in [0, 0.1) is 6.92 Å². The van der Waals surface area contributed by atoms with Crippen molar-refractivity contribution in [3.63, 3.8) is 0 Å². The third-order valence-electron chi connectivity index (χ3n) is 6.11. The van der Waals surface area contributed by atoms with E-state index in [0.29, 0.717) is 31.2 Å². The Morgan fingerprint density at radius 3 is 2.41 bits per heavy atom. The molecule has 3 rings (SSSR count). The molecule has 0 bridgehead atoms. The van der Waals surface area contributed by atoms with Crippen LogP contribution in [0.5, 0.6) is 0 Å². The van der Waals surface area contributed by atoms with E-state index in [9.17, 15) is 33.0 Å². The average Bonchev–Trinajstić information content (AvgIpc) is 2.74. The van der Waals surface area contributed by atoms with Gasteiger partial charge in [-0.15, -0.1) is 0 Å². The highest BCUT2D eigenvalue weighted by atomic mass is 19.4. The number of nitrogens with one attached hydrogen (secondary N) is 1. The number of nitrogens with two attached hydrogens (primary N) is 2. The van der Waals surface area contributed by atoms with Crippen molar-refractivity contribution in [2.75, 3.05) is 5.73 Å². The Morgan fingerprint density at radius 2 is 1.85 bits per heavy atom. The van der Waals surface area contributed by atoms with E-state index in [1.807, 2.05) is 0 Å². The molecule has 7 N–H and O–H groups in total. The van der Waals surface area contributed by atoms with Gasteiger partial charge in [-0.25, -0.2) is 9.97 Å². The number of benzene rings is 1. The van der Waals surface area contributed by atoms with Gasteiger partial charge in [-0.1, -0.05) is 12.1 Å². The molecule has 1 aliphatic carbocycles. The summed E-state index contributed by atoms with van der Waals surface area (Å²) in [4.78, 5) is 32.5. The Bertz CT molecular complexity index is 1110. The number of alkyl halides is 3. The van der Waals surface area contributed by atoms with Crippen molar-refractivity contribution >= 4 is 17.6 Å². The summed E-state index contributed by atoms with van der Waals surface area (Å²) in [7, 11) is 0. The fraction of sp³-hybridized carbons (Fsp3) is 0.455. The predicted molar refractivity (Wildman–Crippen MR) is 116 cm³/mol. The molecule has 1 aliphatic rings. The van der Waals surface area contributed by atoms with Gasteiger partial charge in [0.15, 0.2) is 11.5 Å². The smallest absolute Gasteiger partial charge is 0.390 e. The molecule has 1 heterocycles. The van der Waals surface area contributed by atoms with E-state index in [0.717, 1.165) is 12.1 Å². The molecule has 0 aliphatic heterocycles. The van der Waals surface area contributed by atoms with Gasteiger partial charge < -0.3 is 27.0 Å². The first kappa shape index (κ1) is 25.4. The maximum Gasteiger partial charge on any atom is 0.430 e. The highest BCUT2D eigenvalue weighted by molar-refractivity contribution is 5.97. The molecule has 2 aromatic rings. The molecule has 0 saturated heterocycles. The number of aromatic nitrogens is 2. The summed E-state index contributed by atoms with van der Waals surface area (Å²) in [5.41, 5.74) is 5.53. The topological polar surface area (TPSA) is 164 Å². The van der Waals surface area contributed by atoms with E-state index < -0.39 is 34.8 Å². The lowest BCUT2D eigenvalue weighted by Gasteiger charge is -2.33. The predicted octanol–water partition coefficient (Wildman–Crippen LogP) is 1.69. The zero-order valence-corrected chi connectivity index (χ0v) is 18.6. The summed E-state index contributed by atoms with van der Waals surface area (Å²) in [5.74, 6) is -2.78. The lowest BCUT2D eigenvalue weighted by atomic mass is 9.83. The molecular formula is C22H26F3N5O4. The lowest BCUT2D eigenvalue weighted by Crippen LogP contribution is -2.52. The Hall–Kier alpha value is -3.25. The molecule has 9 nitrogen and oxygen atoms in total. The number of rotatable bonds is 5. The van der Waals surface area contributed by atoms with Crippen LogP contribution in [0.15, 0.2) is 24.4 Å². The zero-order chi connectivity index (χ0) is 25.5. The fourth-order valence-electron chi connectivity index (χ4n) is 3.90. The number of carbonyl (C=O) groups excluding carboxylic acids is 2. The summed E-state index contributed by atoms with van der Waals surface area (Å²) in [6.07, 6.45) is -2.08. The second-order valence-corrected chi connectivity index (χ2v) is 8.84. The molecular weight excluding hydrogens is 455 g/mol. The number of primary amides is 1. The van der Waals surface area contributed by atoms with E-state index in [1.165, 1.54) is 12.3 Å². The molecule has 34 heavy (non-hydrogen) atoms. The molecule has 2 amide bonds. The van der Waals surface area contributed by atoms with Gasteiger partial charge in [0, 0.05) is 17.2 Å². The van der Waals surface area contributed by atoms with Gasteiger partial charge in [0.1, 0.15) is 0 Å². The van der Waals surface area contributed by atoms with Crippen molar-refractivity contribution in [2.45, 2.75) is 63.0 Å². The SMILES string of the molecule is Cc1ccc(C(O)(C(N)=O)C(F)(F)F)cc1-c1cnc(N)c(C(=O)NC2CCC(C)(O)CC2)n1. The minimum absolute atomic E-state index is 0.0132. The molecule has 1 atom stereocenters. The Morgan fingerprint density at radius 1 is 1.24 bits per heavy atom. The summed E-state index contributed by atoms with van der Waals surface area (Å²) < 4.78 is 40.5. The maximum absolute atomic E-state index is 13.5. The first-order chi connectivity index (χ1) is 15.7. The summed E-state index contributed by atoms with van der Waals surface area (Å²) in [6.45, 7) is 3.30. The number of halogens is 3. The lowest BCUT2D eigenvalue weighted by molar-refractivity contribution is -0.255. The number of nitrogen functional groups attached to an aromatic ring is 1. The monoisotopic (exact) mass is 481 g/mol. The maximum atomic E-state index is 13.5. The first-order valence-corrected chi connectivity index (χ1v) is 10.5. The minimum Gasteiger partial charge on any atom is -0.390 e. The standard InChI is InChI=1S/C22H26F3N5O4/c1-11-3-4-12(21(34,19(27)32)22(23,24)25)9-14(11)15-10-28-17(26)16(30-15)18(31)29-13-5-7-20(2,33)8-6-13/h3-4,9-10,13,33-34H,5-8H2,1-2H3,(H2,26,28)(H2,27,32)(H,29,31). The van der Waals surface area contributed by atoms with Crippen molar-refractivity contribution in [1.82, 2.24) is 15.3 Å². The fourth-order valence-corrected chi connectivity index (χ4v) is 3.90. The Kier molecular flexibility index (Phi) is 6.60. The molecule has 184 valence electrons. The van der Waals surface area contributed by atoms with Crippen molar-refractivity contribution in [3.8, 4) is 11.3 Å². The van der Waals surface area contributed by atoms with Crippen LogP contribution in [0.4, 0.5) is 19.0 Å². The van der Waals surface area contributed by atoms with E-state index in [2.05, 4.69) is 15.3 Å². The average molecular weight is 481 g/mol. The van der Waals surface area contributed by atoms with Gasteiger partial charge in [0.25, 0.3) is 17.4 Å². The van der Waals surface area contributed by atoms with Crippen LogP contribution < -0.4 is 16.8 Å². The summed E-state index contributed by atoms with van der Waals surface area (Å²) >= 11 is 0. The number of amides is 2. The van der Waals surface area contributed by atoms with Crippen LogP contribution in [-0.2, 0) is 10.4 Å². The van der Waals surface area contributed by atoms with Gasteiger partial charge >= 0.3 is 6.18 Å². The van der Waals surface area contributed by atoms with Gasteiger partial charge in [0.05, 0.1) is 17.5 Å². The molecule has 1 fully saturated rings. The van der Waals surface area contributed by atoms with Gasteiger partial charge in [-0.05, 0) is 51.2 Å². The number of nitrogens with zero attached hydrogens (tertiary/aromatic N) is 2. The molecule has 12 heteroatoms. The van der Waals surface area contributed by atoms with Crippen molar-refractivity contribution < 1.29 is 33.0 Å². The van der Waals surface area contributed by atoms with Crippen molar-refractivity contribution in [3.05, 3.63) is 41.2 Å². The summed E-state index contributed by atoms with van der Waals surface area (Å²) in [5, 5.41) is 23.0. The van der Waals surface area contributed by atoms with Crippen molar-refractivity contribution in [2.24, 2.45) is 5.73 Å². The third-order valence-corrected chi connectivity index (χ3v) is 6.11. The molecule has 0 spiro atoms. The van der Waals surface area contributed by atoms with Crippen LogP contribution in [0.25, 0.3) is 11.3 Å². The highest BCUT2D eigenvalue weighted by Crippen LogP contribution is 2.40. The number of aliphatic hydroxyl groups is 2. The number of hydrogen-bond donors (Lipinski definition) is 5. The first-order valence-electron chi connectivity index (χ1n) is 10.5. The van der Waals surface area contributed by atoms with E-state index in [1.54, 1.807) is 13.8 Å². The van der Waals surface area contributed by atoms with Crippen LogP contribution >= 0.6 is 0 Å². The van der Waals surface area contributed by atoms with Crippen LogP contribution in [0.2, 0.25) is 0 Å². The Balaban J connectivity index is 1.96. The van der Waals surface area contributed by atoms with Gasteiger partial charge in [-0.3, -0.25) is 9.59 Å².